The van der Waals surface area contributed by atoms with Crippen LogP contribution in [0.2, 0.25) is 0 Å². The van der Waals surface area contributed by atoms with Crippen molar-refractivity contribution in [1.82, 2.24) is 5.32 Å². The Morgan fingerprint density at radius 2 is 1.95 bits per heavy atom. The second-order valence-corrected chi connectivity index (χ2v) is 6.41. The van der Waals surface area contributed by atoms with Crippen molar-refractivity contribution in [3.63, 3.8) is 0 Å². The molecule has 0 aliphatic carbocycles. The van der Waals surface area contributed by atoms with Gasteiger partial charge in [0.15, 0.2) is 0 Å². The highest BCUT2D eigenvalue weighted by Crippen LogP contribution is 2.19. The van der Waals surface area contributed by atoms with E-state index in [0.29, 0.717) is 6.04 Å². The standard InChI is InChI=1S/C18H29N3/c1-15(2)20-18(4,14-19)12-8-9-13-21(5)17-11-7-6-10-16(17)3/h6-7,10-11,15,20H,8-9,12-13H2,1-5H3. The van der Waals surface area contributed by atoms with Crippen LogP contribution in [0.4, 0.5) is 5.69 Å². The topological polar surface area (TPSA) is 39.1 Å². The van der Waals surface area contributed by atoms with Gasteiger partial charge in [0.05, 0.1) is 6.07 Å². The van der Waals surface area contributed by atoms with E-state index in [2.05, 4.69) is 68.4 Å². The summed E-state index contributed by atoms with van der Waals surface area (Å²) in [5.74, 6) is 0. The fraction of sp³-hybridized carbons (Fsp3) is 0.611. The summed E-state index contributed by atoms with van der Waals surface area (Å²) >= 11 is 0. The predicted octanol–water partition coefficient (Wildman–Crippen LogP) is 3.88. The molecule has 3 heteroatoms. The summed E-state index contributed by atoms with van der Waals surface area (Å²) in [5.41, 5.74) is 2.19. The molecule has 3 nitrogen and oxygen atoms in total. The summed E-state index contributed by atoms with van der Waals surface area (Å²) in [6, 6.07) is 11.2. The van der Waals surface area contributed by atoms with Crippen molar-refractivity contribution >= 4 is 5.69 Å². The van der Waals surface area contributed by atoms with E-state index in [4.69, 9.17) is 0 Å². The molecule has 0 bridgehead atoms. The third-order valence-corrected chi connectivity index (χ3v) is 3.80. The van der Waals surface area contributed by atoms with Crippen molar-refractivity contribution in [3.8, 4) is 6.07 Å². The van der Waals surface area contributed by atoms with Crippen LogP contribution in [0.5, 0.6) is 0 Å². The Balaban J connectivity index is 2.40. The number of unbranched alkanes of at least 4 members (excludes halogenated alkanes) is 1. The molecule has 21 heavy (non-hydrogen) atoms. The van der Waals surface area contributed by atoms with Gasteiger partial charge < -0.3 is 4.90 Å². The first kappa shape index (κ1) is 17.5. The molecule has 0 saturated carbocycles. The zero-order valence-electron chi connectivity index (χ0n) is 14.1. The zero-order valence-corrected chi connectivity index (χ0v) is 14.1. The Kier molecular flexibility index (Phi) is 6.71. The van der Waals surface area contributed by atoms with Crippen LogP contribution in [0.15, 0.2) is 24.3 Å². The van der Waals surface area contributed by atoms with Gasteiger partial charge in [-0.15, -0.1) is 0 Å². The van der Waals surface area contributed by atoms with Crippen LogP contribution < -0.4 is 10.2 Å². The van der Waals surface area contributed by atoms with Crippen LogP contribution in [0.3, 0.4) is 0 Å². The Bertz CT molecular complexity index is 476. The number of para-hydroxylation sites is 1. The summed E-state index contributed by atoms with van der Waals surface area (Å²) < 4.78 is 0. The van der Waals surface area contributed by atoms with E-state index < -0.39 is 5.54 Å². The SMILES string of the molecule is Cc1ccccc1N(C)CCCCC(C)(C#N)NC(C)C. The van der Waals surface area contributed by atoms with E-state index in [9.17, 15) is 5.26 Å². The second-order valence-electron chi connectivity index (χ2n) is 6.41. The highest BCUT2D eigenvalue weighted by atomic mass is 15.1. The molecule has 0 heterocycles. The molecule has 0 fully saturated rings. The van der Waals surface area contributed by atoms with E-state index in [0.717, 1.165) is 25.8 Å². The monoisotopic (exact) mass is 287 g/mol. The Hall–Kier alpha value is -1.53. The van der Waals surface area contributed by atoms with Gasteiger partial charge in [-0.05, 0) is 58.6 Å². The number of nitriles is 1. The minimum atomic E-state index is -0.407. The van der Waals surface area contributed by atoms with Gasteiger partial charge in [-0.3, -0.25) is 5.32 Å². The van der Waals surface area contributed by atoms with Gasteiger partial charge in [-0.25, -0.2) is 0 Å². The van der Waals surface area contributed by atoms with E-state index >= 15 is 0 Å². The van der Waals surface area contributed by atoms with Crippen LogP contribution in [0, 0.1) is 18.3 Å². The molecule has 0 amide bonds. The third kappa shape index (κ3) is 5.77. The van der Waals surface area contributed by atoms with Gasteiger partial charge in [0.2, 0.25) is 0 Å². The summed E-state index contributed by atoms with van der Waals surface area (Å²) in [6.07, 6.45) is 3.05. The first-order chi connectivity index (χ1) is 9.88. The Morgan fingerprint density at radius 3 is 2.52 bits per heavy atom. The second kappa shape index (κ2) is 8.05. The minimum Gasteiger partial charge on any atom is -0.374 e. The molecule has 116 valence electrons. The van der Waals surface area contributed by atoms with Gasteiger partial charge in [-0.1, -0.05) is 18.2 Å². The van der Waals surface area contributed by atoms with Gasteiger partial charge in [0, 0.05) is 25.3 Å². The van der Waals surface area contributed by atoms with Crippen molar-refractivity contribution in [2.75, 3.05) is 18.5 Å². The molecular weight excluding hydrogens is 258 g/mol. The molecule has 0 aliphatic rings. The van der Waals surface area contributed by atoms with Crippen LogP contribution >= 0.6 is 0 Å². The lowest BCUT2D eigenvalue weighted by Crippen LogP contribution is -2.44. The average Bonchev–Trinajstić information content (AvgIpc) is 2.43. The smallest absolute Gasteiger partial charge is 0.104 e. The molecule has 0 spiro atoms. The molecular formula is C18H29N3. The Morgan fingerprint density at radius 1 is 1.29 bits per heavy atom. The molecule has 1 N–H and O–H groups in total. The van der Waals surface area contributed by atoms with Gasteiger partial charge in [0.1, 0.15) is 5.54 Å². The number of nitrogens with zero attached hydrogens (tertiary/aromatic N) is 2. The molecule has 1 unspecified atom stereocenters. The normalized spacial score (nSPS) is 13.8. The molecule has 0 aliphatic heterocycles. The molecule has 0 aromatic heterocycles. The summed E-state index contributed by atoms with van der Waals surface area (Å²) in [4.78, 5) is 2.30. The first-order valence-electron chi connectivity index (χ1n) is 7.83. The number of hydrogen-bond donors (Lipinski definition) is 1. The third-order valence-electron chi connectivity index (χ3n) is 3.80. The largest absolute Gasteiger partial charge is 0.374 e. The van der Waals surface area contributed by atoms with Gasteiger partial charge in [0.25, 0.3) is 0 Å². The van der Waals surface area contributed by atoms with Crippen LogP contribution in [0.25, 0.3) is 0 Å². The quantitative estimate of drug-likeness (QED) is 0.737. The number of rotatable bonds is 8. The molecule has 0 radical (unpaired) electrons. The maximum absolute atomic E-state index is 9.33. The lowest BCUT2D eigenvalue weighted by Gasteiger charge is -2.26. The van der Waals surface area contributed by atoms with E-state index in [1.807, 2.05) is 6.92 Å². The van der Waals surface area contributed by atoms with E-state index in [1.54, 1.807) is 0 Å². The molecule has 0 saturated heterocycles. The first-order valence-corrected chi connectivity index (χ1v) is 7.83. The summed E-state index contributed by atoms with van der Waals surface area (Å²) in [6.45, 7) is 9.33. The highest BCUT2D eigenvalue weighted by molar-refractivity contribution is 5.52. The number of aryl methyl sites for hydroxylation is 1. The maximum Gasteiger partial charge on any atom is 0.104 e. The van der Waals surface area contributed by atoms with Crippen molar-refractivity contribution in [3.05, 3.63) is 29.8 Å². The molecule has 1 atom stereocenters. The maximum atomic E-state index is 9.33. The zero-order chi connectivity index (χ0) is 15.9. The molecule has 1 rings (SSSR count). The minimum absolute atomic E-state index is 0.337. The van der Waals surface area contributed by atoms with Crippen molar-refractivity contribution in [2.24, 2.45) is 0 Å². The fourth-order valence-corrected chi connectivity index (χ4v) is 2.74. The van der Waals surface area contributed by atoms with E-state index in [-0.39, 0.29) is 0 Å². The van der Waals surface area contributed by atoms with E-state index in [1.165, 1.54) is 11.3 Å². The lowest BCUT2D eigenvalue weighted by molar-refractivity contribution is 0.370. The number of anilines is 1. The molecule has 1 aromatic rings. The van der Waals surface area contributed by atoms with Crippen molar-refractivity contribution < 1.29 is 0 Å². The fourth-order valence-electron chi connectivity index (χ4n) is 2.74. The van der Waals surface area contributed by atoms with Crippen LogP contribution in [0.1, 0.15) is 45.6 Å². The summed E-state index contributed by atoms with van der Waals surface area (Å²) in [5, 5.41) is 12.7. The average molecular weight is 287 g/mol. The summed E-state index contributed by atoms with van der Waals surface area (Å²) in [7, 11) is 2.14. The van der Waals surface area contributed by atoms with Gasteiger partial charge in [-0.2, -0.15) is 5.26 Å². The lowest BCUT2D eigenvalue weighted by atomic mass is 9.95. The van der Waals surface area contributed by atoms with Crippen molar-refractivity contribution in [1.29, 1.82) is 5.26 Å². The predicted molar refractivity (Wildman–Crippen MR) is 90.6 cm³/mol. The highest BCUT2D eigenvalue weighted by Gasteiger charge is 2.23. The van der Waals surface area contributed by atoms with Crippen LogP contribution in [-0.4, -0.2) is 25.2 Å². The van der Waals surface area contributed by atoms with Crippen LogP contribution in [-0.2, 0) is 0 Å². The number of benzene rings is 1. The van der Waals surface area contributed by atoms with Crippen molar-refractivity contribution in [2.45, 2.75) is 58.5 Å². The van der Waals surface area contributed by atoms with Gasteiger partial charge >= 0.3 is 0 Å². The number of nitrogens with one attached hydrogen (secondary N) is 1. The molecule has 1 aromatic carbocycles. The Labute approximate surface area is 130 Å². The number of hydrogen-bond acceptors (Lipinski definition) is 3.